The summed E-state index contributed by atoms with van der Waals surface area (Å²) in [5.41, 5.74) is 13.0. The molecule has 0 fully saturated rings. The highest BCUT2D eigenvalue weighted by Gasteiger charge is 2.21. The van der Waals surface area contributed by atoms with Crippen molar-refractivity contribution in [1.29, 1.82) is 0 Å². The van der Waals surface area contributed by atoms with Crippen LogP contribution in [0.15, 0.2) is 133 Å². The monoisotopic (exact) mass is 472 g/mol. The van der Waals surface area contributed by atoms with Crippen LogP contribution >= 0.6 is 0 Å². The van der Waals surface area contributed by atoms with Crippen molar-refractivity contribution >= 4 is 0 Å². The van der Waals surface area contributed by atoms with E-state index in [4.69, 9.17) is 9.97 Å². The molecule has 0 unspecified atom stereocenters. The van der Waals surface area contributed by atoms with E-state index in [9.17, 15) is 0 Å². The Balaban J connectivity index is 1.32. The molecule has 0 aliphatic heterocycles. The van der Waals surface area contributed by atoms with Crippen LogP contribution in [0.3, 0.4) is 0 Å². The maximum atomic E-state index is 4.98. The molecular formula is C35H24N2. The first-order valence-corrected chi connectivity index (χ1v) is 12.6. The molecule has 0 bridgehead atoms. The van der Waals surface area contributed by atoms with Crippen LogP contribution in [0, 0.1) is 0 Å². The van der Waals surface area contributed by atoms with E-state index in [1.54, 1.807) is 0 Å². The van der Waals surface area contributed by atoms with Crippen LogP contribution in [0.1, 0.15) is 11.1 Å². The maximum Gasteiger partial charge on any atom is 0.160 e. The van der Waals surface area contributed by atoms with E-state index in [0.717, 1.165) is 40.3 Å². The molecule has 2 nitrogen and oxygen atoms in total. The molecule has 5 aromatic carbocycles. The summed E-state index contributed by atoms with van der Waals surface area (Å²) >= 11 is 0. The summed E-state index contributed by atoms with van der Waals surface area (Å²) in [5, 5.41) is 0. The Kier molecular flexibility index (Phi) is 5.22. The number of nitrogens with zero attached hydrogens (tertiary/aromatic N) is 2. The third-order valence-corrected chi connectivity index (χ3v) is 7.14. The topological polar surface area (TPSA) is 25.8 Å². The predicted octanol–water partition coefficient (Wildman–Crippen LogP) is 8.72. The fourth-order valence-electron chi connectivity index (χ4n) is 5.32. The van der Waals surface area contributed by atoms with Crippen LogP contribution in [0.25, 0.3) is 56.2 Å². The minimum Gasteiger partial charge on any atom is -0.228 e. The second-order valence-corrected chi connectivity index (χ2v) is 9.45. The third-order valence-electron chi connectivity index (χ3n) is 7.14. The van der Waals surface area contributed by atoms with Crippen molar-refractivity contribution in [3.8, 4) is 56.2 Å². The summed E-state index contributed by atoms with van der Waals surface area (Å²) in [6.45, 7) is 0. The van der Waals surface area contributed by atoms with Gasteiger partial charge in [0.15, 0.2) is 5.82 Å². The summed E-state index contributed by atoms with van der Waals surface area (Å²) in [4.78, 5) is 9.89. The SMILES string of the molecule is c1ccc(-c2cc(-c3ccc(-c4cccc5c4-c4ccccc4C5)cc3)nc(-c3ccccc3)n2)cc1. The van der Waals surface area contributed by atoms with Crippen LogP contribution in [-0.2, 0) is 6.42 Å². The van der Waals surface area contributed by atoms with Gasteiger partial charge in [-0.1, -0.05) is 127 Å². The highest BCUT2D eigenvalue weighted by molar-refractivity contribution is 5.90. The summed E-state index contributed by atoms with van der Waals surface area (Å²) < 4.78 is 0. The van der Waals surface area contributed by atoms with Crippen molar-refractivity contribution in [3.05, 3.63) is 145 Å². The fraction of sp³-hybridized carbons (Fsp3) is 0.0286. The normalized spacial score (nSPS) is 11.7. The number of benzene rings is 5. The van der Waals surface area contributed by atoms with Crippen LogP contribution in [0.5, 0.6) is 0 Å². The molecule has 0 spiro atoms. The van der Waals surface area contributed by atoms with Crippen LogP contribution in [0.2, 0.25) is 0 Å². The Hall–Kier alpha value is -4.82. The molecule has 0 amide bonds. The molecule has 37 heavy (non-hydrogen) atoms. The molecule has 7 rings (SSSR count). The predicted molar refractivity (Wildman–Crippen MR) is 152 cm³/mol. The van der Waals surface area contributed by atoms with E-state index in [2.05, 4.69) is 97.1 Å². The van der Waals surface area contributed by atoms with Gasteiger partial charge in [0.25, 0.3) is 0 Å². The summed E-state index contributed by atoms with van der Waals surface area (Å²) in [5.74, 6) is 0.735. The van der Waals surface area contributed by atoms with Crippen LogP contribution in [-0.4, -0.2) is 9.97 Å². The quantitative estimate of drug-likeness (QED) is 0.256. The van der Waals surface area contributed by atoms with Crippen molar-refractivity contribution < 1.29 is 0 Å². The van der Waals surface area contributed by atoms with Gasteiger partial charge in [-0.2, -0.15) is 0 Å². The molecule has 1 aliphatic carbocycles. The van der Waals surface area contributed by atoms with E-state index in [1.807, 2.05) is 36.4 Å². The molecule has 0 radical (unpaired) electrons. The first kappa shape index (κ1) is 21.5. The molecule has 174 valence electrons. The molecule has 6 aromatic rings. The Labute approximate surface area is 217 Å². The minimum absolute atomic E-state index is 0.735. The summed E-state index contributed by atoms with van der Waals surface area (Å²) in [6, 6.07) is 46.8. The van der Waals surface area contributed by atoms with Gasteiger partial charge in [0.2, 0.25) is 0 Å². The van der Waals surface area contributed by atoms with Gasteiger partial charge in [-0.15, -0.1) is 0 Å². The highest BCUT2D eigenvalue weighted by Crippen LogP contribution is 2.43. The lowest BCUT2D eigenvalue weighted by atomic mass is 9.93. The molecule has 1 aliphatic rings. The van der Waals surface area contributed by atoms with Crippen molar-refractivity contribution in [2.45, 2.75) is 6.42 Å². The van der Waals surface area contributed by atoms with Gasteiger partial charge in [0.05, 0.1) is 11.4 Å². The molecule has 1 aromatic heterocycles. The lowest BCUT2D eigenvalue weighted by molar-refractivity contribution is 1.18. The fourth-order valence-corrected chi connectivity index (χ4v) is 5.32. The number of fused-ring (bicyclic) bond motifs is 3. The molecule has 2 heteroatoms. The van der Waals surface area contributed by atoms with Gasteiger partial charge >= 0.3 is 0 Å². The second kappa shape index (κ2) is 9.00. The number of hydrogen-bond acceptors (Lipinski definition) is 2. The highest BCUT2D eigenvalue weighted by atomic mass is 14.9. The summed E-state index contributed by atoms with van der Waals surface area (Å²) in [6.07, 6.45) is 1.00. The zero-order valence-corrected chi connectivity index (χ0v) is 20.3. The summed E-state index contributed by atoms with van der Waals surface area (Å²) in [7, 11) is 0. The van der Waals surface area contributed by atoms with Gasteiger partial charge in [-0.25, -0.2) is 9.97 Å². The average Bonchev–Trinajstić information content (AvgIpc) is 3.37. The zero-order chi connectivity index (χ0) is 24.6. The standard InChI is InChI=1S/C35H24N2/c1-3-10-25(11-4-1)32-23-33(37-35(36-32)27-12-5-2-6-13-27)26-20-18-24(19-21-26)30-17-9-15-29-22-28-14-7-8-16-31(28)34(29)30/h1-21,23H,22H2. The van der Waals surface area contributed by atoms with Gasteiger partial charge < -0.3 is 0 Å². The Bertz CT molecular complexity index is 1660. The van der Waals surface area contributed by atoms with Crippen LogP contribution < -0.4 is 0 Å². The van der Waals surface area contributed by atoms with Crippen molar-refractivity contribution in [2.75, 3.05) is 0 Å². The van der Waals surface area contributed by atoms with E-state index in [-0.39, 0.29) is 0 Å². The molecule has 0 N–H and O–H groups in total. The van der Waals surface area contributed by atoms with Gasteiger partial charge in [-0.3, -0.25) is 0 Å². The Morgan fingerprint density at radius 2 is 0.946 bits per heavy atom. The number of hydrogen-bond donors (Lipinski definition) is 0. The molecule has 0 atom stereocenters. The van der Waals surface area contributed by atoms with E-state index in [1.165, 1.54) is 33.4 Å². The second-order valence-electron chi connectivity index (χ2n) is 9.45. The van der Waals surface area contributed by atoms with Gasteiger partial charge in [-0.05, 0) is 45.9 Å². The first-order chi connectivity index (χ1) is 18.3. The van der Waals surface area contributed by atoms with Crippen LogP contribution in [0.4, 0.5) is 0 Å². The minimum atomic E-state index is 0.735. The van der Waals surface area contributed by atoms with E-state index >= 15 is 0 Å². The first-order valence-electron chi connectivity index (χ1n) is 12.6. The van der Waals surface area contributed by atoms with Crippen molar-refractivity contribution in [3.63, 3.8) is 0 Å². The maximum absolute atomic E-state index is 4.98. The van der Waals surface area contributed by atoms with E-state index < -0.39 is 0 Å². The average molecular weight is 473 g/mol. The third kappa shape index (κ3) is 3.93. The number of aromatic nitrogens is 2. The molecule has 0 saturated carbocycles. The lowest BCUT2D eigenvalue weighted by Crippen LogP contribution is -1.95. The van der Waals surface area contributed by atoms with Crippen molar-refractivity contribution in [2.24, 2.45) is 0 Å². The van der Waals surface area contributed by atoms with Gasteiger partial charge in [0.1, 0.15) is 0 Å². The lowest BCUT2D eigenvalue weighted by Gasteiger charge is -2.12. The Morgan fingerprint density at radius 3 is 1.68 bits per heavy atom. The molecule has 1 heterocycles. The Morgan fingerprint density at radius 1 is 0.405 bits per heavy atom. The molecule has 0 saturated heterocycles. The van der Waals surface area contributed by atoms with Crippen molar-refractivity contribution in [1.82, 2.24) is 9.97 Å². The van der Waals surface area contributed by atoms with Gasteiger partial charge in [0, 0.05) is 16.7 Å². The van der Waals surface area contributed by atoms with E-state index in [0.29, 0.717) is 0 Å². The zero-order valence-electron chi connectivity index (χ0n) is 20.3. The largest absolute Gasteiger partial charge is 0.228 e. The molecular weight excluding hydrogens is 448 g/mol. The smallest absolute Gasteiger partial charge is 0.160 e. The number of rotatable bonds is 4.